The summed E-state index contributed by atoms with van der Waals surface area (Å²) in [5.41, 5.74) is 7.05. The first-order valence-electron chi connectivity index (χ1n) is 6.18. The highest BCUT2D eigenvalue weighted by molar-refractivity contribution is 8.13. The molecule has 0 aliphatic heterocycles. The Kier molecular flexibility index (Phi) is 3.76. The summed E-state index contributed by atoms with van der Waals surface area (Å²) in [5.74, 6) is 0.924. The van der Waals surface area contributed by atoms with Crippen LogP contribution in [0.1, 0.15) is 5.82 Å². The van der Waals surface area contributed by atoms with Crippen molar-refractivity contribution in [3.8, 4) is 11.1 Å². The van der Waals surface area contributed by atoms with E-state index in [1.807, 2.05) is 35.7 Å². The van der Waals surface area contributed by atoms with Crippen molar-refractivity contribution in [2.75, 3.05) is 0 Å². The molecule has 0 radical (unpaired) electrons. The van der Waals surface area contributed by atoms with Gasteiger partial charge in [-0.3, -0.25) is 10.2 Å². The van der Waals surface area contributed by atoms with Gasteiger partial charge in [-0.05, 0) is 5.56 Å². The predicted molar refractivity (Wildman–Crippen MR) is 88.9 cm³/mol. The molecule has 3 rings (SSSR count). The summed E-state index contributed by atoms with van der Waals surface area (Å²) in [5, 5.41) is 9.77. The molecule has 0 aliphatic carbocycles. The van der Waals surface area contributed by atoms with Gasteiger partial charge in [0.2, 0.25) is 0 Å². The molecule has 4 N–H and O–H groups in total. The van der Waals surface area contributed by atoms with Crippen LogP contribution in [-0.4, -0.2) is 15.1 Å². The number of benzene rings is 1. The normalized spacial score (nSPS) is 10.9. The Labute approximate surface area is 128 Å². The molecule has 0 saturated carbocycles. The second-order valence-electron chi connectivity index (χ2n) is 4.36. The highest BCUT2D eigenvalue weighted by atomic mass is 32.2. The number of thioether (sulfide) groups is 1. The maximum absolute atomic E-state index is 12.3. The van der Waals surface area contributed by atoms with E-state index in [1.54, 1.807) is 0 Å². The maximum atomic E-state index is 12.3. The zero-order valence-electron chi connectivity index (χ0n) is 10.9. The Hall–Kier alpha value is -2.12. The zero-order chi connectivity index (χ0) is 14.8. The molecule has 21 heavy (non-hydrogen) atoms. The number of hydrogen-bond donors (Lipinski definition) is 3. The van der Waals surface area contributed by atoms with Gasteiger partial charge in [0.1, 0.15) is 10.7 Å². The average molecular weight is 316 g/mol. The van der Waals surface area contributed by atoms with E-state index in [0.717, 1.165) is 22.9 Å². The van der Waals surface area contributed by atoms with Gasteiger partial charge in [-0.2, -0.15) is 0 Å². The molecule has 0 atom stereocenters. The van der Waals surface area contributed by atoms with Gasteiger partial charge < -0.3 is 10.7 Å². The molecule has 0 amide bonds. The lowest BCUT2D eigenvalue weighted by atomic mass is 10.1. The van der Waals surface area contributed by atoms with Gasteiger partial charge in [0.25, 0.3) is 5.56 Å². The molecule has 0 aliphatic rings. The van der Waals surface area contributed by atoms with Crippen LogP contribution >= 0.6 is 23.1 Å². The maximum Gasteiger partial charge on any atom is 0.260 e. The topological polar surface area (TPSA) is 95.6 Å². The van der Waals surface area contributed by atoms with Crippen LogP contribution in [0.5, 0.6) is 0 Å². The summed E-state index contributed by atoms with van der Waals surface area (Å²) >= 11 is 2.58. The molecule has 0 fully saturated rings. The fraction of sp³-hybridized carbons (Fsp3) is 0.0714. The van der Waals surface area contributed by atoms with Crippen LogP contribution in [0.25, 0.3) is 21.3 Å². The average Bonchev–Trinajstić information content (AvgIpc) is 2.90. The highest BCUT2D eigenvalue weighted by Crippen LogP contribution is 2.30. The lowest BCUT2D eigenvalue weighted by Crippen LogP contribution is -2.12. The van der Waals surface area contributed by atoms with E-state index in [9.17, 15) is 4.79 Å². The van der Waals surface area contributed by atoms with E-state index < -0.39 is 0 Å². The van der Waals surface area contributed by atoms with E-state index in [1.165, 1.54) is 11.3 Å². The Bertz CT molecular complexity index is 854. The van der Waals surface area contributed by atoms with E-state index in [-0.39, 0.29) is 10.7 Å². The van der Waals surface area contributed by atoms with Crippen LogP contribution in [0.4, 0.5) is 0 Å². The summed E-state index contributed by atoms with van der Waals surface area (Å²) in [7, 11) is 0. The lowest BCUT2D eigenvalue weighted by Gasteiger charge is -2.01. The summed E-state index contributed by atoms with van der Waals surface area (Å²) in [6.45, 7) is 0. The van der Waals surface area contributed by atoms with Gasteiger partial charge in [0, 0.05) is 10.9 Å². The van der Waals surface area contributed by atoms with Crippen molar-refractivity contribution in [1.82, 2.24) is 9.97 Å². The van der Waals surface area contributed by atoms with E-state index in [4.69, 9.17) is 11.1 Å². The van der Waals surface area contributed by atoms with Crippen molar-refractivity contribution in [1.29, 1.82) is 5.41 Å². The standard InChI is InChI=1S/C14H12N4OS2/c15-14(16)21-7-10-17-12(19)11-9(6-20-13(11)18-10)8-4-2-1-3-5-8/h1-6H,7H2,(H3,15,16)(H,17,18,19). The minimum atomic E-state index is -0.153. The number of thiophene rings is 1. The minimum Gasteiger partial charge on any atom is -0.379 e. The van der Waals surface area contributed by atoms with Crippen molar-refractivity contribution in [2.24, 2.45) is 5.73 Å². The fourth-order valence-electron chi connectivity index (χ4n) is 2.04. The van der Waals surface area contributed by atoms with Gasteiger partial charge in [-0.25, -0.2) is 4.98 Å². The van der Waals surface area contributed by atoms with Crippen LogP contribution in [0, 0.1) is 5.41 Å². The lowest BCUT2D eigenvalue weighted by molar-refractivity contribution is 1.05. The Morgan fingerprint density at radius 1 is 1.38 bits per heavy atom. The number of fused-ring (bicyclic) bond motifs is 1. The monoisotopic (exact) mass is 316 g/mol. The summed E-state index contributed by atoms with van der Waals surface area (Å²) in [6.07, 6.45) is 0. The molecule has 0 spiro atoms. The van der Waals surface area contributed by atoms with Gasteiger partial charge in [-0.15, -0.1) is 11.3 Å². The van der Waals surface area contributed by atoms with Crippen LogP contribution < -0.4 is 11.3 Å². The van der Waals surface area contributed by atoms with Crippen molar-refractivity contribution < 1.29 is 0 Å². The molecule has 3 aromatic rings. The third kappa shape index (κ3) is 2.84. The van der Waals surface area contributed by atoms with Crippen molar-refractivity contribution in [3.63, 3.8) is 0 Å². The largest absolute Gasteiger partial charge is 0.379 e. The fourth-order valence-corrected chi connectivity index (χ4v) is 3.43. The molecule has 106 valence electrons. The molecule has 0 bridgehead atoms. The van der Waals surface area contributed by atoms with E-state index in [2.05, 4.69) is 9.97 Å². The molecular weight excluding hydrogens is 304 g/mol. The van der Waals surface area contributed by atoms with Crippen LogP contribution in [0.2, 0.25) is 0 Å². The van der Waals surface area contributed by atoms with Gasteiger partial charge in [0.15, 0.2) is 5.17 Å². The van der Waals surface area contributed by atoms with Crippen LogP contribution in [0.3, 0.4) is 0 Å². The molecular formula is C14H12N4OS2. The minimum absolute atomic E-state index is 0.00824. The number of amidine groups is 1. The smallest absolute Gasteiger partial charge is 0.260 e. The predicted octanol–water partition coefficient (Wildman–Crippen LogP) is 2.78. The summed E-state index contributed by atoms with van der Waals surface area (Å²) in [6, 6.07) is 9.77. The molecule has 1 aromatic carbocycles. The van der Waals surface area contributed by atoms with Crippen LogP contribution in [0.15, 0.2) is 40.5 Å². The first-order chi connectivity index (χ1) is 10.1. The van der Waals surface area contributed by atoms with E-state index >= 15 is 0 Å². The quantitative estimate of drug-likeness (QED) is 0.511. The third-order valence-corrected chi connectivity index (χ3v) is 4.54. The van der Waals surface area contributed by atoms with Gasteiger partial charge in [0.05, 0.1) is 11.1 Å². The number of H-pyrrole nitrogens is 1. The van der Waals surface area contributed by atoms with Crippen LogP contribution in [-0.2, 0) is 5.75 Å². The Balaban J connectivity index is 2.07. The number of nitrogens with zero attached hydrogens (tertiary/aromatic N) is 1. The number of aromatic amines is 1. The molecule has 0 saturated heterocycles. The second kappa shape index (κ2) is 5.71. The molecule has 7 heteroatoms. The zero-order valence-corrected chi connectivity index (χ0v) is 12.6. The molecule has 2 heterocycles. The van der Waals surface area contributed by atoms with Crippen molar-refractivity contribution in [3.05, 3.63) is 51.9 Å². The number of nitrogens with one attached hydrogen (secondary N) is 2. The Morgan fingerprint density at radius 3 is 2.86 bits per heavy atom. The number of nitrogens with two attached hydrogens (primary N) is 1. The summed E-state index contributed by atoms with van der Waals surface area (Å²) < 4.78 is 0. The number of hydrogen-bond acceptors (Lipinski definition) is 5. The van der Waals surface area contributed by atoms with Crippen molar-refractivity contribution >= 4 is 38.5 Å². The Morgan fingerprint density at radius 2 is 2.14 bits per heavy atom. The molecule has 0 unspecified atom stereocenters. The summed E-state index contributed by atoms with van der Waals surface area (Å²) in [4.78, 5) is 20.2. The molecule has 2 aromatic heterocycles. The SMILES string of the molecule is N=C(N)SCc1nc2scc(-c3ccccc3)c2c(=O)[nH]1. The first kappa shape index (κ1) is 13.8. The highest BCUT2D eigenvalue weighted by Gasteiger charge is 2.12. The molecule has 5 nitrogen and oxygen atoms in total. The second-order valence-corrected chi connectivity index (χ2v) is 6.24. The van der Waals surface area contributed by atoms with Gasteiger partial charge >= 0.3 is 0 Å². The van der Waals surface area contributed by atoms with Crippen molar-refractivity contribution in [2.45, 2.75) is 5.75 Å². The van der Waals surface area contributed by atoms with E-state index in [0.29, 0.717) is 21.8 Å². The number of aromatic nitrogens is 2. The van der Waals surface area contributed by atoms with Gasteiger partial charge in [-0.1, -0.05) is 42.1 Å². The third-order valence-electron chi connectivity index (χ3n) is 2.94. The number of rotatable bonds is 3. The first-order valence-corrected chi connectivity index (χ1v) is 8.04.